The summed E-state index contributed by atoms with van der Waals surface area (Å²) in [5.41, 5.74) is 8.53. The van der Waals surface area contributed by atoms with E-state index in [9.17, 15) is 9.59 Å². The second kappa shape index (κ2) is 15.7. The van der Waals surface area contributed by atoms with Gasteiger partial charge in [0.2, 0.25) is 0 Å². The van der Waals surface area contributed by atoms with Gasteiger partial charge in [0.15, 0.2) is 0 Å². The number of hydrogen-bond donors (Lipinski definition) is 4. The van der Waals surface area contributed by atoms with Crippen LogP contribution in [0.15, 0.2) is 97.1 Å². The molecule has 2 aliphatic rings. The number of nitrogens with zero attached hydrogens (tertiary/aromatic N) is 2. The number of ether oxygens (including phenoxy) is 2. The maximum Gasteiger partial charge on any atom is 0.408 e. The van der Waals surface area contributed by atoms with Crippen molar-refractivity contribution in [3.8, 4) is 0 Å². The molecule has 2 aromatic carbocycles. The topological polar surface area (TPSA) is 134 Å². The highest BCUT2D eigenvalue weighted by atomic mass is 16.6. The number of H-pyrrole nitrogens is 2. The number of carbonyl (C=O) groups excluding carboxylic acids is 2. The first-order chi connectivity index (χ1) is 26.7. The summed E-state index contributed by atoms with van der Waals surface area (Å²) in [5.74, 6) is 0. The van der Waals surface area contributed by atoms with Gasteiger partial charge in [-0.1, -0.05) is 60.7 Å². The first-order valence-corrected chi connectivity index (χ1v) is 18.9. The van der Waals surface area contributed by atoms with Crippen LogP contribution in [-0.4, -0.2) is 43.3 Å². The molecule has 4 N–H and O–H groups in total. The Morgan fingerprint density at radius 2 is 0.982 bits per heavy atom. The Hall–Kier alpha value is -6.42. The highest BCUT2D eigenvalue weighted by molar-refractivity contribution is 5.82. The van der Waals surface area contributed by atoms with Crippen molar-refractivity contribution >= 4 is 58.6 Å². The Labute approximate surface area is 327 Å². The van der Waals surface area contributed by atoms with Crippen LogP contribution in [0.25, 0.3) is 46.4 Å². The van der Waals surface area contributed by atoms with E-state index in [4.69, 9.17) is 19.4 Å². The fourth-order valence-corrected chi connectivity index (χ4v) is 6.90. The largest absolute Gasteiger partial charge is 0.444 e. The second-order valence-corrected chi connectivity index (χ2v) is 16.1. The van der Waals surface area contributed by atoms with Crippen LogP contribution in [-0.2, 0) is 22.3 Å². The molecule has 0 aliphatic carbocycles. The normalized spacial score (nSPS) is 13.5. The van der Waals surface area contributed by atoms with Gasteiger partial charge in [0.05, 0.1) is 34.9 Å². The van der Waals surface area contributed by atoms with Gasteiger partial charge in [-0.05, 0) is 126 Å². The van der Waals surface area contributed by atoms with E-state index >= 15 is 0 Å². The third kappa shape index (κ3) is 9.62. The van der Waals surface area contributed by atoms with Crippen molar-refractivity contribution in [2.24, 2.45) is 0 Å². The van der Waals surface area contributed by atoms with Gasteiger partial charge < -0.3 is 30.1 Å². The molecule has 2 amide bonds. The minimum Gasteiger partial charge on any atom is -0.444 e. The highest BCUT2D eigenvalue weighted by Gasteiger charge is 2.27. The molecule has 286 valence electrons. The lowest BCUT2D eigenvalue weighted by Crippen LogP contribution is -2.36. The third-order valence-electron chi connectivity index (χ3n) is 9.12. The lowest BCUT2D eigenvalue weighted by Gasteiger charge is -2.25. The van der Waals surface area contributed by atoms with E-state index in [1.54, 1.807) is 0 Å². The molecule has 0 spiro atoms. The molecule has 3 aromatic heterocycles. The summed E-state index contributed by atoms with van der Waals surface area (Å²) in [6.45, 7) is 11.1. The van der Waals surface area contributed by atoms with Crippen LogP contribution in [0.3, 0.4) is 0 Å². The average molecular weight is 749 g/mol. The quantitative estimate of drug-likeness (QED) is 0.122. The van der Waals surface area contributed by atoms with E-state index < -0.39 is 35.5 Å². The summed E-state index contributed by atoms with van der Waals surface area (Å²) in [6, 6.07) is 31.1. The number of nitrogens with one attached hydrogen (secondary N) is 4. The van der Waals surface area contributed by atoms with Crippen LogP contribution < -0.4 is 10.6 Å². The third-order valence-corrected chi connectivity index (χ3v) is 9.12. The molecule has 0 fully saturated rings. The van der Waals surface area contributed by atoms with Gasteiger partial charge in [-0.2, -0.15) is 0 Å². The minimum atomic E-state index is -0.678. The molecule has 5 aromatic rings. The van der Waals surface area contributed by atoms with Crippen LogP contribution in [0.4, 0.5) is 9.59 Å². The van der Waals surface area contributed by atoms with E-state index in [0.717, 1.165) is 55.7 Å². The molecule has 56 heavy (non-hydrogen) atoms. The zero-order chi connectivity index (χ0) is 39.5. The summed E-state index contributed by atoms with van der Waals surface area (Å²) in [4.78, 5) is 44.1. The van der Waals surface area contributed by atoms with E-state index in [0.29, 0.717) is 24.2 Å². The van der Waals surface area contributed by atoms with E-state index in [1.165, 1.54) is 0 Å². The SMILES string of the molecule is CC(C)(C)OC(=O)N[C@H](Cc1ccccc1)c1c2nc(cc3ccc([nH]3)c([C@@H](Cc3ccccc3)NC(=O)OC(C)(C)C)c3ccc(cc4nc1C=C4)[nH]3)C=C2. The Kier molecular flexibility index (Phi) is 10.6. The summed E-state index contributed by atoms with van der Waals surface area (Å²) in [7, 11) is 0. The maximum atomic E-state index is 13.4. The second-order valence-electron chi connectivity index (χ2n) is 16.1. The number of aromatic nitrogens is 4. The molecule has 2 aliphatic heterocycles. The van der Waals surface area contributed by atoms with Crippen LogP contribution in [0.1, 0.15) is 98.7 Å². The summed E-state index contributed by atoms with van der Waals surface area (Å²) in [6.07, 6.45) is 7.83. The molecule has 8 bridgehead atoms. The highest BCUT2D eigenvalue weighted by Crippen LogP contribution is 2.32. The van der Waals surface area contributed by atoms with Gasteiger partial charge in [0.1, 0.15) is 11.2 Å². The van der Waals surface area contributed by atoms with Crippen molar-refractivity contribution in [2.75, 3.05) is 0 Å². The fourth-order valence-electron chi connectivity index (χ4n) is 6.90. The number of fused-ring (bicyclic) bond motifs is 8. The summed E-state index contributed by atoms with van der Waals surface area (Å²) >= 11 is 0. The fraction of sp³-hybridized carbons (Fsp3) is 0.261. The number of carbonyl (C=O) groups is 2. The average Bonchev–Trinajstić information content (AvgIpc) is 3.95. The maximum absolute atomic E-state index is 13.4. The number of rotatable bonds is 8. The predicted molar refractivity (Wildman–Crippen MR) is 223 cm³/mol. The molecule has 10 heteroatoms. The lowest BCUT2D eigenvalue weighted by atomic mass is 9.96. The molecule has 0 saturated carbocycles. The van der Waals surface area contributed by atoms with Gasteiger partial charge in [0.25, 0.3) is 0 Å². The van der Waals surface area contributed by atoms with Gasteiger partial charge in [-0.15, -0.1) is 0 Å². The van der Waals surface area contributed by atoms with Crippen molar-refractivity contribution in [1.29, 1.82) is 0 Å². The first kappa shape index (κ1) is 37.9. The van der Waals surface area contributed by atoms with E-state index in [-0.39, 0.29) is 0 Å². The van der Waals surface area contributed by atoms with Crippen LogP contribution in [0, 0.1) is 0 Å². The van der Waals surface area contributed by atoms with Gasteiger partial charge in [-0.3, -0.25) is 0 Å². The Morgan fingerprint density at radius 3 is 1.39 bits per heavy atom. The summed E-state index contributed by atoms with van der Waals surface area (Å²) < 4.78 is 11.5. The van der Waals surface area contributed by atoms with Crippen molar-refractivity contribution in [3.05, 3.63) is 142 Å². The molecular formula is C46H48N6O4. The molecule has 0 radical (unpaired) electrons. The summed E-state index contributed by atoms with van der Waals surface area (Å²) in [5, 5.41) is 6.33. The van der Waals surface area contributed by atoms with Crippen LogP contribution in [0.2, 0.25) is 0 Å². The van der Waals surface area contributed by atoms with E-state index in [1.807, 2.05) is 151 Å². The smallest absolute Gasteiger partial charge is 0.408 e. The molecule has 5 heterocycles. The molecule has 0 saturated heterocycles. The minimum absolute atomic E-state index is 0.465. The Balaban J connectivity index is 1.41. The van der Waals surface area contributed by atoms with Gasteiger partial charge in [0, 0.05) is 33.2 Å². The van der Waals surface area contributed by atoms with E-state index in [2.05, 4.69) is 32.7 Å². The number of alkyl carbamates (subject to hydrolysis) is 2. The van der Waals surface area contributed by atoms with Crippen molar-refractivity contribution in [3.63, 3.8) is 0 Å². The number of benzene rings is 2. The van der Waals surface area contributed by atoms with Gasteiger partial charge in [-0.25, -0.2) is 19.6 Å². The molecular weight excluding hydrogens is 701 g/mol. The van der Waals surface area contributed by atoms with Crippen molar-refractivity contribution in [1.82, 2.24) is 30.6 Å². The standard InChI is InChI=1S/C46H48N6O4/c1-45(2,3)55-43(53)51-39(25-29-13-9-7-10-14-29)41-35-21-17-31(47-35)27-33-19-23-37(49-33)42(38-24-20-34(50-38)28-32-18-22-36(41)48-32)40(26-30-15-11-8-12-16-30)52-44(54)56-46(4,5)6/h7-24,27-28,39-40,47-48H,25-26H2,1-6H3,(H,51,53)(H,52,54)/t39-,40-/m1/s1. The molecule has 7 rings (SSSR count). The number of hydrogen-bond acceptors (Lipinski definition) is 6. The van der Waals surface area contributed by atoms with Crippen molar-refractivity contribution < 1.29 is 19.1 Å². The lowest BCUT2D eigenvalue weighted by molar-refractivity contribution is 0.0491. The zero-order valence-corrected chi connectivity index (χ0v) is 32.6. The van der Waals surface area contributed by atoms with Crippen LogP contribution >= 0.6 is 0 Å². The number of amides is 2. The van der Waals surface area contributed by atoms with Gasteiger partial charge >= 0.3 is 12.2 Å². The molecule has 10 nitrogen and oxygen atoms in total. The molecule has 2 atom stereocenters. The Morgan fingerprint density at radius 1 is 0.571 bits per heavy atom. The van der Waals surface area contributed by atoms with Crippen molar-refractivity contribution in [2.45, 2.75) is 77.7 Å². The first-order valence-electron chi connectivity index (χ1n) is 18.9. The zero-order valence-electron chi connectivity index (χ0n) is 32.6. The monoisotopic (exact) mass is 748 g/mol. The Bertz CT molecular complexity index is 2360. The number of aromatic amines is 2. The molecule has 0 unspecified atom stereocenters. The van der Waals surface area contributed by atoms with Crippen LogP contribution in [0.5, 0.6) is 0 Å². The predicted octanol–water partition coefficient (Wildman–Crippen LogP) is 10.3.